The van der Waals surface area contributed by atoms with Gasteiger partial charge in [-0.3, -0.25) is 4.90 Å². The number of likely N-dealkylation sites (N-methyl/N-ethyl adjacent to an activating group) is 1. The highest BCUT2D eigenvalue weighted by Gasteiger charge is 2.33. The lowest BCUT2D eigenvalue weighted by Gasteiger charge is -2.45. The number of rotatable bonds is 5. The van der Waals surface area contributed by atoms with Crippen LogP contribution in [0.3, 0.4) is 0 Å². The van der Waals surface area contributed by atoms with Crippen LogP contribution in [-0.2, 0) is 9.84 Å². The fourth-order valence-electron chi connectivity index (χ4n) is 3.70. The highest BCUT2D eigenvalue weighted by Crippen LogP contribution is 2.38. The van der Waals surface area contributed by atoms with Gasteiger partial charge < -0.3 is 4.90 Å². The van der Waals surface area contributed by atoms with Crippen LogP contribution in [0.1, 0.15) is 37.3 Å². The Hall–Kier alpha value is -1.21. The molecule has 0 N–H and O–H groups in total. The second-order valence-electron chi connectivity index (χ2n) is 7.68. The van der Waals surface area contributed by atoms with Crippen molar-refractivity contribution in [1.29, 1.82) is 0 Å². The minimum atomic E-state index is -2.76. The van der Waals surface area contributed by atoms with Gasteiger partial charge in [0.15, 0.2) is 5.82 Å². The topological polar surface area (TPSA) is 66.4 Å². The van der Waals surface area contributed by atoms with Gasteiger partial charge in [-0.2, -0.15) is 5.10 Å². The standard InChI is InChI=1S/C17H26N4O2S/c1-20(10-13-6-8-24(22,23)9-7-13)15-11-21(12-15)17-5-4-16(18-19-17)14-2-3-14/h4-5,13-15H,2-3,6-12H2,1H3. The summed E-state index contributed by atoms with van der Waals surface area (Å²) in [6.07, 6.45) is 4.15. The molecule has 24 heavy (non-hydrogen) atoms. The molecule has 0 spiro atoms. The quantitative estimate of drug-likeness (QED) is 0.797. The van der Waals surface area contributed by atoms with E-state index < -0.39 is 9.84 Å². The summed E-state index contributed by atoms with van der Waals surface area (Å²) in [6, 6.07) is 4.76. The second kappa shape index (κ2) is 6.26. The molecule has 0 unspecified atom stereocenters. The molecule has 0 radical (unpaired) electrons. The first kappa shape index (κ1) is 16.3. The van der Waals surface area contributed by atoms with Crippen LogP contribution in [0.2, 0.25) is 0 Å². The fourth-order valence-corrected chi connectivity index (χ4v) is 5.29. The van der Waals surface area contributed by atoms with Gasteiger partial charge in [0.05, 0.1) is 17.2 Å². The highest BCUT2D eigenvalue weighted by molar-refractivity contribution is 7.91. The summed E-state index contributed by atoms with van der Waals surface area (Å²) >= 11 is 0. The molecule has 1 aromatic heterocycles. The van der Waals surface area contributed by atoms with Crippen LogP contribution in [0.4, 0.5) is 5.82 Å². The van der Waals surface area contributed by atoms with Crippen molar-refractivity contribution in [1.82, 2.24) is 15.1 Å². The third-order valence-corrected chi connectivity index (χ3v) is 7.41. The average molecular weight is 350 g/mol. The summed E-state index contributed by atoms with van der Waals surface area (Å²) in [4.78, 5) is 4.67. The Labute approximate surface area is 144 Å². The van der Waals surface area contributed by atoms with Gasteiger partial charge in [-0.25, -0.2) is 8.42 Å². The normalized spacial score (nSPS) is 25.0. The van der Waals surface area contributed by atoms with Crippen LogP contribution in [0.5, 0.6) is 0 Å². The first-order chi connectivity index (χ1) is 11.5. The summed E-state index contributed by atoms with van der Waals surface area (Å²) < 4.78 is 23.0. The molecule has 2 saturated heterocycles. The predicted molar refractivity (Wildman–Crippen MR) is 94.0 cm³/mol. The summed E-state index contributed by atoms with van der Waals surface area (Å²) in [5.41, 5.74) is 1.14. The summed E-state index contributed by atoms with van der Waals surface area (Å²) in [5, 5.41) is 8.74. The van der Waals surface area contributed by atoms with Gasteiger partial charge >= 0.3 is 0 Å². The number of hydrogen-bond acceptors (Lipinski definition) is 6. The summed E-state index contributed by atoms with van der Waals surface area (Å²) in [5.74, 6) is 2.88. The molecule has 2 aliphatic heterocycles. The van der Waals surface area contributed by atoms with Crippen LogP contribution >= 0.6 is 0 Å². The number of anilines is 1. The van der Waals surface area contributed by atoms with E-state index in [0.29, 0.717) is 29.4 Å². The van der Waals surface area contributed by atoms with Crippen molar-refractivity contribution in [2.24, 2.45) is 5.92 Å². The predicted octanol–water partition coefficient (Wildman–Crippen LogP) is 1.30. The van der Waals surface area contributed by atoms with Crippen LogP contribution in [0.15, 0.2) is 12.1 Å². The maximum Gasteiger partial charge on any atom is 0.151 e. The average Bonchev–Trinajstić information content (AvgIpc) is 3.33. The molecule has 4 rings (SSSR count). The van der Waals surface area contributed by atoms with E-state index in [1.807, 2.05) is 0 Å². The van der Waals surface area contributed by atoms with E-state index in [1.165, 1.54) is 12.8 Å². The van der Waals surface area contributed by atoms with Crippen LogP contribution in [-0.4, -0.2) is 67.7 Å². The van der Waals surface area contributed by atoms with Crippen LogP contribution in [0, 0.1) is 5.92 Å². The van der Waals surface area contributed by atoms with E-state index in [1.54, 1.807) is 0 Å². The monoisotopic (exact) mass is 350 g/mol. The summed E-state index contributed by atoms with van der Waals surface area (Å²) in [6.45, 7) is 2.97. The Balaban J connectivity index is 1.24. The van der Waals surface area contributed by atoms with E-state index in [9.17, 15) is 8.42 Å². The van der Waals surface area contributed by atoms with Crippen LogP contribution in [0.25, 0.3) is 0 Å². The van der Waals surface area contributed by atoms with Crippen LogP contribution < -0.4 is 4.90 Å². The smallest absolute Gasteiger partial charge is 0.151 e. The van der Waals surface area contributed by atoms with Gasteiger partial charge in [-0.1, -0.05) is 0 Å². The van der Waals surface area contributed by atoms with Crippen molar-refractivity contribution < 1.29 is 8.42 Å². The Kier molecular flexibility index (Phi) is 4.24. The molecule has 3 heterocycles. The van der Waals surface area contributed by atoms with E-state index in [2.05, 4.69) is 39.2 Å². The van der Waals surface area contributed by atoms with E-state index in [4.69, 9.17) is 0 Å². The lowest BCUT2D eigenvalue weighted by molar-refractivity contribution is 0.171. The maximum atomic E-state index is 11.5. The SMILES string of the molecule is CN(CC1CCS(=O)(=O)CC1)C1CN(c2ccc(C3CC3)nn2)C1. The molecule has 0 bridgehead atoms. The van der Waals surface area contributed by atoms with Crippen molar-refractivity contribution in [3.8, 4) is 0 Å². The van der Waals surface area contributed by atoms with Crippen molar-refractivity contribution in [3.63, 3.8) is 0 Å². The Morgan fingerprint density at radius 1 is 1.12 bits per heavy atom. The van der Waals surface area contributed by atoms with Crippen molar-refractivity contribution in [2.75, 3.05) is 43.1 Å². The van der Waals surface area contributed by atoms with E-state index >= 15 is 0 Å². The zero-order valence-corrected chi connectivity index (χ0v) is 15.1. The minimum absolute atomic E-state index is 0.366. The maximum absolute atomic E-state index is 11.5. The molecule has 0 amide bonds. The lowest BCUT2D eigenvalue weighted by Crippen LogP contribution is -2.59. The van der Waals surface area contributed by atoms with E-state index in [0.717, 1.165) is 44.0 Å². The van der Waals surface area contributed by atoms with Crippen molar-refractivity contribution in [2.45, 2.75) is 37.6 Å². The largest absolute Gasteiger partial charge is 0.352 e. The van der Waals surface area contributed by atoms with Gasteiger partial charge in [0, 0.05) is 31.6 Å². The number of hydrogen-bond donors (Lipinski definition) is 0. The molecule has 1 saturated carbocycles. The van der Waals surface area contributed by atoms with Gasteiger partial charge in [0.25, 0.3) is 0 Å². The van der Waals surface area contributed by atoms with Gasteiger partial charge in [0.1, 0.15) is 9.84 Å². The molecular weight excluding hydrogens is 324 g/mol. The van der Waals surface area contributed by atoms with Gasteiger partial charge in [-0.05, 0) is 50.8 Å². The fraction of sp³-hybridized carbons (Fsp3) is 0.765. The third-order valence-electron chi connectivity index (χ3n) is 5.70. The summed E-state index contributed by atoms with van der Waals surface area (Å²) in [7, 11) is -0.596. The molecule has 7 heteroatoms. The molecule has 6 nitrogen and oxygen atoms in total. The lowest BCUT2D eigenvalue weighted by atomic mass is 10.00. The van der Waals surface area contributed by atoms with Crippen molar-refractivity contribution >= 4 is 15.7 Å². The third kappa shape index (κ3) is 3.57. The molecule has 3 aliphatic rings. The van der Waals surface area contributed by atoms with Gasteiger partial charge in [0.2, 0.25) is 0 Å². The molecule has 0 atom stereocenters. The Morgan fingerprint density at radius 3 is 2.42 bits per heavy atom. The highest BCUT2D eigenvalue weighted by atomic mass is 32.2. The molecule has 0 aromatic carbocycles. The first-order valence-electron chi connectivity index (χ1n) is 8.99. The Bertz CT molecular complexity index is 667. The molecule has 1 aliphatic carbocycles. The molecule has 3 fully saturated rings. The zero-order valence-electron chi connectivity index (χ0n) is 14.3. The van der Waals surface area contributed by atoms with E-state index in [-0.39, 0.29) is 0 Å². The number of aromatic nitrogens is 2. The molecular formula is C17H26N4O2S. The van der Waals surface area contributed by atoms with Crippen molar-refractivity contribution in [3.05, 3.63) is 17.8 Å². The Morgan fingerprint density at radius 2 is 1.83 bits per heavy atom. The number of sulfone groups is 1. The molecule has 132 valence electrons. The zero-order chi connectivity index (χ0) is 16.7. The first-order valence-corrected chi connectivity index (χ1v) is 10.8. The second-order valence-corrected chi connectivity index (χ2v) is 9.99. The minimum Gasteiger partial charge on any atom is -0.352 e. The number of nitrogens with zero attached hydrogens (tertiary/aromatic N) is 4. The van der Waals surface area contributed by atoms with Gasteiger partial charge in [-0.15, -0.1) is 5.10 Å². The molecule has 1 aromatic rings.